The zero-order valence-electron chi connectivity index (χ0n) is 43.7. The monoisotopic (exact) mass is 947 g/mol. The molecule has 0 fully saturated rings. The molecule has 2 atom stereocenters. The lowest BCUT2D eigenvalue weighted by Crippen LogP contribution is -2.37. The van der Waals surface area contributed by atoms with Gasteiger partial charge in [-0.3, -0.25) is 13.8 Å². The fourth-order valence-electron chi connectivity index (χ4n) is 7.38. The Balaban J connectivity index is 4.14. The highest BCUT2D eigenvalue weighted by Gasteiger charge is 2.26. The standard InChI is InChI=1S/C57H104NO7P/c1-6-8-10-12-14-16-18-20-22-24-26-27-28-29-30-31-32-33-35-37-39-41-43-45-47-49-52-62-54-56(55-64-66(60,61)63-53-51-58(3,4)5)65-57(59)50-48-46-44-42-40-38-36-34-25-23-21-19-17-15-13-11-9-7-2/h8,10,14,16,20,22,26-27,29-30,32-33,56H,6-7,9,11-13,15,17-19,21,23-25,28,31,34-55H2,1-5H3/p+1/b10-8-,16-14-,22-20-,27-26-,30-29-,33-32-. The lowest BCUT2D eigenvalue weighted by molar-refractivity contribution is -0.870. The highest BCUT2D eigenvalue weighted by atomic mass is 31.2. The van der Waals surface area contributed by atoms with Gasteiger partial charge in [0.05, 0.1) is 34.4 Å². The third-order valence-electron chi connectivity index (χ3n) is 11.5. The number of esters is 1. The second-order valence-electron chi connectivity index (χ2n) is 19.2. The number of ether oxygens (including phenoxy) is 2. The molecule has 0 rings (SSSR count). The zero-order valence-corrected chi connectivity index (χ0v) is 44.6. The van der Waals surface area contributed by atoms with Crippen LogP contribution < -0.4 is 0 Å². The highest BCUT2D eigenvalue weighted by Crippen LogP contribution is 2.43. The van der Waals surface area contributed by atoms with Gasteiger partial charge >= 0.3 is 13.8 Å². The average molecular weight is 947 g/mol. The first-order valence-electron chi connectivity index (χ1n) is 27.2. The van der Waals surface area contributed by atoms with Crippen LogP contribution in [-0.2, 0) is 27.9 Å². The van der Waals surface area contributed by atoms with Crippen LogP contribution in [0.3, 0.4) is 0 Å². The summed E-state index contributed by atoms with van der Waals surface area (Å²) in [5.74, 6) is -0.316. The number of hydrogen-bond donors (Lipinski definition) is 1. The maximum atomic E-state index is 12.8. The van der Waals surface area contributed by atoms with Gasteiger partial charge in [0.2, 0.25) is 0 Å². The van der Waals surface area contributed by atoms with Crippen molar-refractivity contribution in [3.63, 3.8) is 0 Å². The van der Waals surface area contributed by atoms with Gasteiger partial charge < -0.3 is 18.9 Å². The number of rotatable bonds is 50. The lowest BCUT2D eigenvalue weighted by Gasteiger charge is -2.24. The van der Waals surface area contributed by atoms with Crippen molar-refractivity contribution < 1.29 is 37.3 Å². The van der Waals surface area contributed by atoms with Crippen LogP contribution in [0.25, 0.3) is 0 Å². The van der Waals surface area contributed by atoms with E-state index in [1.54, 1.807) is 0 Å². The highest BCUT2D eigenvalue weighted by molar-refractivity contribution is 7.47. The maximum absolute atomic E-state index is 12.8. The molecule has 0 aromatic carbocycles. The normalized spacial score (nSPS) is 14.1. The number of unbranched alkanes of at least 4 members (excludes halogenated alkanes) is 24. The number of carbonyl (C=O) groups excluding carboxylic acids is 1. The van der Waals surface area contributed by atoms with Gasteiger partial charge in [-0.25, -0.2) is 4.57 Å². The van der Waals surface area contributed by atoms with E-state index in [2.05, 4.69) is 86.8 Å². The van der Waals surface area contributed by atoms with Gasteiger partial charge in [0, 0.05) is 13.0 Å². The van der Waals surface area contributed by atoms with Crippen molar-refractivity contribution in [1.29, 1.82) is 0 Å². The first-order valence-corrected chi connectivity index (χ1v) is 28.7. The summed E-state index contributed by atoms with van der Waals surface area (Å²) in [6, 6.07) is 0. The SMILES string of the molecule is CC/C=C\C/C=C\C/C=C\C/C=C\C/C=C\C/C=C\CCCCCCCCCOCC(COP(=O)(O)OCC[N+](C)(C)C)OC(=O)CCCCCCCCCCCCCCCCCCCC. The number of likely N-dealkylation sites (N-methyl/N-ethyl adjacent to an activating group) is 1. The second kappa shape index (κ2) is 49.4. The minimum Gasteiger partial charge on any atom is -0.457 e. The quantitative estimate of drug-likeness (QED) is 0.0214. The van der Waals surface area contributed by atoms with Gasteiger partial charge in [-0.2, -0.15) is 0 Å². The number of phosphoric ester groups is 1. The average Bonchev–Trinajstić information content (AvgIpc) is 3.28. The van der Waals surface area contributed by atoms with E-state index < -0.39 is 13.9 Å². The molecule has 0 bridgehead atoms. The summed E-state index contributed by atoms with van der Waals surface area (Å²) in [4.78, 5) is 23.0. The summed E-state index contributed by atoms with van der Waals surface area (Å²) in [6.07, 6.45) is 65.2. The molecule has 0 aromatic heterocycles. The van der Waals surface area contributed by atoms with E-state index >= 15 is 0 Å². The first-order chi connectivity index (χ1) is 32.1. The van der Waals surface area contributed by atoms with E-state index in [4.69, 9.17) is 18.5 Å². The molecule has 0 aliphatic heterocycles. The number of carbonyl (C=O) groups is 1. The van der Waals surface area contributed by atoms with Crippen LogP contribution in [0.15, 0.2) is 72.9 Å². The molecule has 0 saturated heterocycles. The van der Waals surface area contributed by atoms with Crippen LogP contribution in [-0.4, -0.2) is 75.6 Å². The van der Waals surface area contributed by atoms with Gasteiger partial charge in [0.25, 0.3) is 0 Å². The predicted molar refractivity (Wildman–Crippen MR) is 284 cm³/mol. The van der Waals surface area contributed by atoms with E-state index in [0.717, 1.165) is 77.0 Å². The molecular formula is C57H105NO7P+. The number of phosphoric acid groups is 1. The van der Waals surface area contributed by atoms with Crippen molar-refractivity contribution in [2.75, 3.05) is 54.1 Å². The van der Waals surface area contributed by atoms with E-state index in [-0.39, 0.29) is 25.8 Å². The zero-order chi connectivity index (χ0) is 48.3. The molecule has 66 heavy (non-hydrogen) atoms. The number of quaternary nitrogens is 1. The molecule has 0 saturated carbocycles. The fourth-order valence-corrected chi connectivity index (χ4v) is 8.12. The molecule has 1 N–H and O–H groups in total. The fraction of sp³-hybridized carbons (Fsp3) is 0.772. The van der Waals surface area contributed by atoms with Crippen molar-refractivity contribution in [3.05, 3.63) is 72.9 Å². The van der Waals surface area contributed by atoms with Crippen LogP contribution in [0.1, 0.15) is 226 Å². The Morgan fingerprint density at radius 1 is 0.485 bits per heavy atom. The lowest BCUT2D eigenvalue weighted by atomic mass is 10.0. The van der Waals surface area contributed by atoms with E-state index in [9.17, 15) is 14.3 Å². The maximum Gasteiger partial charge on any atom is 0.472 e. The minimum atomic E-state index is -4.29. The van der Waals surface area contributed by atoms with Gasteiger partial charge in [0.15, 0.2) is 0 Å². The molecule has 9 heteroatoms. The third-order valence-corrected chi connectivity index (χ3v) is 12.5. The summed E-state index contributed by atoms with van der Waals surface area (Å²) in [5, 5.41) is 0. The van der Waals surface area contributed by atoms with Crippen LogP contribution >= 0.6 is 7.82 Å². The van der Waals surface area contributed by atoms with Gasteiger partial charge in [0.1, 0.15) is 19.3 Å². The molecule has 0 aliphatic rings. The molecule has 0 heterocycles. The molecule has 0 radical (unpaired) electrons. The van der Waals surface area contributed by atoms with Crippen LogP contribution in [0, 0.1) is 0 Å². The van der Waals surface area contributed by atoms with Crippen LogP contribution in [0.5, 0.6) is 0 Å². The first kappa shape index (κ1) is 63.9. The second-order valence-corrected chi connectivity index (χ2v) is 20.7. The van der Waals surface area contributed by atoms with E-state index in [1.807, 2.05) is 21.1 Å². The molecular weight excluding hydrogens is 842 g/mol. The smallest absolute Gasteiger partial charge is 0.457 e. The minimum absolute atomic E-state index is 0.0844. The molecule has 384 valence electrons. The molecule has 0 spiro atoms. The summed E-state index contributed by atoms with van der Waals surface area (Å²) in [5.41, 5.74) is 0. The molecule has 0 amide bonds. The Labute approximate surface area is 408 Å². The van der Waals surface area contributed by atoms with Crippen LogP contribution in [0.2, 0.25) is 0 Å². The van der Waals surface area contributed by atoms with Gasteiger partial charge in [-0.05, 0) is 64.2 Å². The van der Waals surface area contributed by atoms with E-state index in [0.29, 0.717) is 24.1 Å². The number of allylic oxidation sites excluding steroid dienone is 12. The van der Waals surface area contributed by atoms with Crippen molar-refractivity contribution in [2.24, 2.45) is 0 Å². The van der Waals surface area contributed by atoms with Crippen molar-refractivity contribution in [1.82, 2.24) is 0 Å². The summed E-state index contributed by atoms with van der Waals surface area (Å²) in [7, 11) is 1.66. The summed E-state index contributed by atoms with van der Waals surface area (Å²) >= 11 is 0. The molecule has 8 nitrogen and oxygen atoms in total. The Hall–Kier alpha value is -2.06. The Morgan fingerprint density at radius 3 is 1.32 bits per heavy atom. The topological polar surface area (TPSA) is 91.3 Å². The summed E-state index contributed by atoms with van der Waals surface area (Å²) in [6.45, 7) is 5.50. The number of nitrogens with zero attached hydrogens (tertiary/aromatic N) is 1. The largest absolute Gasteiger partial charge is 0.472 e. The molecule has 2 unspecified atom stereocenters. The van der Waals surface area contributed by atoms with Crippen molar-refractivity contribution in [3.8, 4) is 0 Å². The predicted octanol–water partition coefficient (Wildman–Crippen LogP) is 17.0. The summed E-state index contributed by atoms with van der Waals surface area (Å²) < 4.78 is 35.2. The molecule has 0 aliphatic carbocycles. The van der Waals surface area contributed by atoms with Crippen molar-refractivity contribution >= 4 is 13.8 Å². The molecule has 0 aromatic rings. The Kier molecular flexibility index (Phi) is 47.8. The Bertz CT molecular complexity index is 1280. The van der Waals surface area contributed by atoms with Crippen molar-refractivity contribution in [2.45, 2.75) is 232 Å². The van der Waals surface area contributed by atoms with Gasteiger partial charge in [-0.1, -0.05) is 228 Å². The number of hydrogen-bond acceptors (Lipinski definition) is 6. The third kappa shape index (κ3) is 52.9. The van der Waals surface area contributed by atoms with E-state index in [1.165, 1.54) is 128 Å². The van der Waals surface area contributed by atoms with Gasteiger partial charge in [-0.15, -0.1) is 0 Å². The van der Waals surface area contributed by atoms with Crippen LogP contribution in [0.4, 0.5) is 0 Å². The Morgan fingerprint density at radius 2 is 0.879 bits per heavy atom.